The number of carbonyl (C=O) groups is 1. The summed E-state index contributed by atoms with van der Waals surface area (Å²) in [5.41, 5.74) is 6.60. The third-order valence-corrected chi connectivity index (χ3v) is 1.81. The smallest absolute Gasteiger partial charge is 0.315 e. The fourth-order valence-corrected chi connectivity index (χ4v) is 1.05. The van der Waals surface area contributed by atoms with Crippen LogP contribution in [-0.2, 0) is 4.79 Å². The molecule has 0 unspecified atom stereocenters. The highest BCUT2D eigenvalue weighted by Gasteiger charge is 2.02. The van der Waals surface area contributed by atoms with Crippen molar-refractivity contribution in [3.63, 3.8) is 0 Å². The lowest BCUT2D eigenvalue weighted by Gasteiger charge is -2.01. The first-order valence-corrected chi connectivity index (χ1v) is 4.27. The van der Waals surface area contributed by atoms with Crippen LogP contribution in [0.2, 0.25) is 0 Å². The van der Waals surface area contributed by atoms with Crippen LogP contribution in [0.5, 0.6) is 0 Å². The summed E-state index contributed by atoms with van der Waals surface area (Å²) in [6.45, 7) is 1.74. The first kappa shape index (κ1) is 11.1. The summed E-state index contributed by atoms with van der Waals surface area (Å²) >= 11 is 0. The van der Waals surface area contributed by atoms with Crippen LogP contribution >= 0.6 is 0 Å². The molecule has 0 saturated heterocycles. The molecule has 78 valence electrons. The Balaban J connectivity index is 2.98. The van der Waals surface area contributed by atoms with Gasteiger partial charge in [-0.2, -0.15) is 0 Å². The Morgan fingerprint density at radius 2 is 2.27 bits per heavy atom. The van der Waals surface area contributed by atoms with Crippen LogP contribution in [0.15, 0.2) is 12.1 Å². The van der Waals surface area contributed by atoms with Gasteiger partial charge in [0.1, 0.15) is 12.2 Å². The highest BCUT2D eigenvalue weighted by Crippen LogP contribution is 2.16. The van der Waals surface area contributed by atoms with Crippen molar-refractivity contribution in [3.8, 4) is 11.8 Å². The van der Waals surface area contributed by atoms with Crippen molar-refractivity contribution in [2.24, 2.45) is 0 Å². The van der Waals surface area contributed by atoms with E-state index in [1.165, 1.54) is 12.1 Å². The van der Waals surface area contributed by atoms with E-state index < -0.39 is 11.8 Å². The minimum Gasteiger partial charge on any atom is -0.481 e. The number of carboxylic acids is 1. The Hall–Kier alpha value is -2.02. The second-order valence-electron chi connectivity index (χ2n) is 3.06. The highest BCUT2D eigenvalue weighted by atomic mass is 19.1. The van der Waals surface area contributed by atoms with Crippen LogP contribution in [0.25, 0.3) is 0 Å². The van der Waals surface area contributed by atoms with E-state index in [-0.39, 0.29) is 12.1 Å². The molecule has 0 radical (unpaired) electrons. The number of rotatable bonds is 1. The second-order valence-corrected chi connectivity index (χ2v) is 3.06. The molecular weight excluding hydrogens is 197 g/mol. The third kappa shape index (κ3) is 2.99. The van der Waals surface area contributed by atoms with E-state index in [2.05, 4.69) is 11.8 Å². The van der Waals surface area contributed by atoms with Crippen molar-refractivity contribution >= 4 is 11.7 Å². The number of aryl methyl sites for hydroxylation is 1. The number of nitrogens with two attached hydrogens (primary N) is 1. The Kier molecular flexibility index (Phi) is 3.29. The van der Waals surface area contributed by atoms with E-state index in [0.717, 1.165) is 5.56 Å². The molecular formula is C11H10FNO2. The summed E-state index contributed by atoms with van der Waals surface area (Å²) in [5, 5.41) is 8.36. The lowest BCUT2D eigenvalue weighted by Crippen LogP contribution is -1.94. The van der Waals surface area contributed by atoms with Gasteiger partial charge < -0.3 is 10.8 Å². The van der Waals surface area contributed by atoms with Crippen LogP contribution < -0.4 is 5.73 Å². The average molecular weight is 207 g/mol. The summed E-state index contributed by atoms with van der Waals surface area (Å²) < 4.78 is 13.0. The highest BCUT2D eigenvalue weighted by molar-refractivity contribution is 5.70. The van der Waals surface area contributed by atoms with Gasteiger partial charge in [0.15, 0.2) is 0 Å². The standard InChI is InChI=1S/C11H10FNO2/c1-7-5-10(13)9(12)6-8(7)3-2-4-11(14)15/h5-6H,4,13H2,1H3,(H,14,15). The van der Waals surface area contributed by atoms with Crippen LogP contribution in [0.3, 0.4) is 0 Å². The van der Waals surface area contributed by atoms with Crippen LogP contribution in [0, 0.1) is 24.6 Å². The Bertz CT molecular complexity index is 458. The minimum absolute atomic E-state index is 0.0660. The van der Waals surface area contributed by atoms with Gasteiger partial charge >= 0.3 is 5.97 Å². The van der Waals surface area contributed by atoms with E-state index in [9.17, 15) is 9.18 Å². The zero-order valence-electron chi connectivity index (χ0n) is 8.17. The largest absolute Gasteiger partial charge is 0.481 e. The van der Waals surface area contributed by atoms with Gasteiger partial charge in [0.25, 0.3) is 0 Å². The fraction of sp³-hybridized carbons (Fsp3) is 0.182. The summed E-state index contributed by atoms with van der Waals surface area (Å²) in [4.78, 5) is 10.2. The van der Waals surface area contributed by atoms with Gasteiger partial charge in [-0.25, -0.2) is 4.39 Å². The first-order valence-electron chi connectivity index (χ1n) is 4.27. The maximum Gasteiger partial charge on any atom is 0.315 e. The van der Waals surface area contributed by atoms with Crippen LogP contribution in [0.1, 0.15) is 17.5 Å². The lowest BCUT2D eigenvalue weighted by atomic mass is 10.1. The average Bonchev–Trinajstić information content (AvgIpc) is 2.13. The predicted octanol–water partition coefficient (Wildman–Crippen LogP) is 1.54. The number of anilines is 1. The number of benzene rings is 1. The molecule has 0 aromatic heterocycles. The SMILES string of the molecule is Cc1cc(N)c(F)cc1C#CCC(=O)O. The maximum atomic E-state index is 13.0. The van der Waals surface area contributed by atoms with Crippen molar-refractivity contribution in [1.29, 1.82) is 0 Å². The van der Waals surface area contributed by atoms with E-state index in [1.807, 2.05) is 0 Å². The molecule has 4 heteroatoms. The molecule has 15 heavy (non-hydrogen) atoms. The number of carboxylic acid groups (broad SMARTS) is 1. The molecule has 1 aromatic carbocycles. The monoisotopic (exact) mass is 207 g/mol. The molecule has 1 aromatic rings. The first-order chi connectivity index (χ1) is 7.00. The summed E-state index contributed by atoms with van der Waals surface area (Å²) in [6.07, 6.45) is -0.258. The van der Waals surface area contributed by atoms with Crippen molar-refractivity contribution in [2.75, 3.05) is 5.73 Å². The second kappa shape index (κ2) is 4.47. The van der Waals surface area contributed by atoms with E-state index in [0.29, 0.717) is 5.56 Å². The van der Waals surface area contributed by atoms with E-state index in [1.54, 1.807) is 6.92 Å². The molecule has 0 aliphatic carbocycles. The summed E-state index contributed by atoms with van der Waals surface area (Å²) in [6, 6.07) is 2.68. The molecule has 3 nitrogen and oxygen atoms in total. The van der Waals surface area contributed by atoms with Gasteiger partial charge in [0, 0.05) is 5.56 Å². The van der Waals surface area contributed by atoms with Gasteiger partial charge in [-0.15, -0.1) is 0 Å². The van der Waals surface area contributed by atoms with Crippen molar-refractivity contribution in [2.45, 2.75) is 13.3 Å². The molecule has 0 aliphatic rings. The molecule has 0 aliphatic heterocycles. The molecule has 0 saturated carbocycles. The normalized spacial score (nSPS) is 9.20. The molecule has 3 N–H and O–H groups in total. The van der Waals surface area contributed by atoms with Gasteiger partial charge in [-0.3, -0.25) is 4.79 Å². The van der Waals surface area contributed by atoms with Gasteiger partial charge in [-0.1, -0.05) is 11.8 Å². The molecule has 0 bridgehead atoms. The topological polar surface area (TPSA) is 63.3 Å². The zero-order valence-corrected chi connectivity index (χ0v) is 8.17. The minimum atomic E-state index is -1.00. The van der Waals surface area contributed by atoms with Gasteiger partial charge in [0.05, 0.1) is 5.69 Å². The number of halogens is 1. The molecule has 0 atom stereocenters. The number of hydrogen-bond donors (Lipinski definition) is 2. The van der Waals surface area contributed by atoms with Crippen molar-refractivity contribution in [3.05, 3.63) is 29.1 Å². The zero-order chi connectivity index (χ0) is 11.4. The predicted molar refractivity (Wildman–Crippen MR) is 54.7 cm³/mol. The molecule has 1 rings (SSSR count). The van der Waals surface area contributed by atoms with Crippen molar-refractivity contribution < 1.29 is 14.3 Å². The van der Waals surface area contributed by atoms with Crippen LogP contribution in [-0.4, -0.2) is 11.1 Å². The number of nitrogen functional groups attached to an aromatic ring is 1. The Morgan fingerprint density at radius 1 is 1.60 bits per heavy atom. The number of aliphatic carboxylic acids is 1. The van der Waals surface area contributed by atoms with Crippen molar-refractivity contribution in [1.82, 2.24) is 0 Å². The molecule has 0 amide bonds. The molecule has 0 fully saturated rings. The Morgan fingerprint density at radius 3 is 2.87 bits per heavy atom. The van der Waals surface area contributed by atoms with E-state index >= 15 is 0 Å². The Labute approximate surface area is 86.7 Å². The number of hydrogen-bond acceptors (Lipinski definition) is 2. The third-order valence-electron chi connectivity index (χ3n) is 1.81. The summed E-state index contributed by atoms with van der Waals surface area (Å²) in [5.74, 6) is 3.47. The maximum absolute atomic E-state index is 13.0. The van der Waals surface area contributed by atoms with E-state index in [4.69, 9.17) is 10.8 Å². The fourth-order valence-electron chi connectivity index (χ4n) is 1.05. The van der Waals surface area contributed by atoms with Gasteiger partial charge in [-0.05, 0) is 24.6 Å². The molecule has 0 heterocycles. The lowest BCUT2D eigenvalue weighted by molar-refractivity contribution is -0.135. The quantitative estimate of drug-likeness (QED) is 0.542. The summed E-state index contributed by atoms with van der Waals surface area (Å²) in [7, 11) is 0. The van der Waals surface area contributed by atoms with Crippen LogP contribution in [0.4, 0.5) is 10.1 Å². The van der Waals surface area contributed by atoms with Gasteiger partial charge in [0.2, 0.25) is 0 Å². The molecule has 0 spiro atoms.